The Morgan fingerprint density at radius 2 is 1.85 bits per heavy atom. The average Bonchev–Trinajstić information content (AvgIpc) is 3.57. The van der Waals surface area contributed by atoms with Crippen LogP contribution in [0.5, 0.6) is 0 Å². The average molecular weight is 487 g/mol. The largest absolute Gasteiger partial charge is 0.469 e. The molecule has 0 bridgehead atoms. The van der Waals surface area contributed by atoms with Crippen LogP contribution in [-0.2, 0) is 16.0 Å². The summed E-state index contributed by atoms with van der Waals surface area (Å²) in [6.45, 7) is 0. The summed E-state index contributed by atoms with van der Waals surface area (Å²) in [5.74, 6) is -0.242. The van der Waals surface area contributed by atoms with Crippen molar-refractivity contribution in [1.29, 1.82) is 5.26 Å². The third-order valence-electron chi connectivity index (χ3n) is 5.28. The summed E-state index contributed by atoms with van der Waals surface area (Å²) in [4.78, 5) is 13.4. The third-order valence-corrected chi connectivity index (χ3v) is 8.33. The second kappa shape index (κ2) is 9.28. The van der Waals surface area contributed by atoms with Gasteiger partial charge in [-0.2, -0.15) is 5.26 Å². The molecule has 0 amide bonds. The second-order valence-corrected chi connectivity index (χ2v) is 10.6. The van der Waals surface area contributed by atoms with Crippen molar-refractivity contribution in [3.8, 4) is 28.5 Å². The lowest BCUT2D eigenvalue weighted by Gasteiger charge is -2.11. The minimum absolute atomic E-state index is 0.242. The molecule has 0 unspecified atom stereocenters. The minimum atomic E-state index is -0.242. The summed E-state index contributed by atoms with van der Waals surface area (Å²) >= 11 is 4.68. The number of methoxy groups -OCH3 is 1. The normalized spacial score (nSPS) is 10.9. The number of benzene rings is 2. The number of esters is 1. The highest BCUT2D eigenvalue weighted by molar-refractivity contribution is 8.00. The van der Waals surface area contributed by atoms with E-state index in [9.17, 15) is 10.1 Å². The molecule has 33 heavy (non-hydrogen) atoms. The van der Waals surface area contributed by atoms with E-state index in [0.717, 1.165) is 42.4 Å². The Balaban J connectivity index is 1.72. The lowest BCUT2D eigenvalue weighted by atomic mass is 9.99. The zero-order valence-corrected chi connectivity index (χ0v) is 20.1. The number of carbonyl (C=O) groups is 1. The maximum absolute atomic E-state index is 11.7. The molecule has 0 saturated carbocycles. The van der Waals surface area contributed by atoms with Gasteiger partial charge >= 0.3 is 5.97 Å². The number of para-hydroxylation sites is 1. The first-order valence-corrected chi connectivity index (χ1v) is 12.7. The molecule has 0 spiro atoms. The Morgan fingerprint density at radius 3 is 2.64 bits per heavy atom. The number of thiophene rings is 2. The summed E-state index contributed by atoms with van der Waals surface area (Å²) in [5.41, 5.74) is 5.23. The van der Waals surface area contributed by atoms with Gasteiger partial charge in [0.05, 0.1) is 29.0 Å². The molecule has 0 aliphatic heterocycles. The molecule has 0 radical (unpaired) electrons. The third kappa shape index (κ3) is 4.09. The van der Waals surface area contributed by atoms with Crippen molar-refractivity contribution in [2.45, 2.75) is 10.6 Å². The Hall–Kier alpha value is -3.31. The van der Waals surface area contributed by atoms with Crippen LogP contribution in [0, 0.1) is 11.3 Å². The Labute approximate surface area is 203 Å². The van der Waals surface area contributed by atoms with E-state index in [0.29, 0.717) is 4.88 Å². The Morgan fingerprint density at radius 1 is 1.06 bits per heavy atom. The molecule has 0 fully saturated rings. The van der Waals surface area contributed by atoms with E-state index in [1.165, 1.54) is 18.4 Å². The van der Waals surface area contributed by atoms with Gasteiger partial charge in [0.15, 0.2) is 0 Å². The lowest BCUT2D eigenvalue weighted by Crippen LogP contribution is -2.02. The lowest BCUT2D eigenvalue weighted by molar-refractivity contribution is -0.139. The van der Waals surface area contributed by atoms with Crippen LogP contribution in [0.25, 0.3) is 33.3 Å². The standard InChI is InChI=1S/C26H18N2O2S3/c1-30-23(29)15-18-11-12-24(32-18)33-28-21-10-6-5-9-19(21)25(20-13-14-31-22(20)16-27)26(28)17-7-3-2-4-8-17/h2-14H,15H2,1H3. The number of fused-ring (bicyclic) bond motifs is 1. The van der Waals surface area contributed by atoms with Gasteiger partial charge in [0.25, 0.3) is 0 Å². The molecule has 5 rings (SSSR count). The van der Waals surface area contributed by atoms with Crippen molar-refractivity contribution in [3.05, 3.63) is 87.9 Å². The summed E-state index contributed by atoms with van der Waals surface area (Å²) in [5, 5.41) is 12.8. The van der Waals surface area contributed by atoms with E-state index in [1.807, 2.05) is 53.9 Å². The van der Waals surface area contributed by atoms with Gasteiger partial charge in [-0.1, -0.05) is 48.5 Å². The quantitative estimate of drug-likeness (QED) is 0.237. The predicted octanol–water partition coefficient (Wildman–Crippen LogP) is 7.24. The van der Waals surface area contributed by atoms with Gasteiger partial charge < -0.3 is 4.74 Å². The molecule has 0 aliphatic rings. The molecule has 2 aromatic carbocycles. The number of rotatable bonds is 6. The summed E-state index contributed by atoms with van der Waals surface area (Å²) in [6.07, 6.45) is 0.269. The minimum Gasteiger partial charge on any atom is -0.469 e. The van der Waals surface area contributed by atoms with Crippen LogP contribution in [0.15, 0.2) is 82.4 Å². The van der Waals surface area contributed by atoms with Crippen LogP contribution < -0.4 is 0 Å². The van der Waals surface area contributed by atoms with E-state index in [1.54, 1.807) is 23.3 Å². The van der Waals surface area contributed by atoms with E-state index in [4.69, 9.17) is 4.74 Å². The molecule has 0 N–H and O–H groups in total. The zero-order chi connectivity index (χ0) is 22.8. The highest BCUT2D eigenvalue weighted by atomic mass is 32.2. The number of nitriles is 1. The molecule has 3 aromatic heterocycles. The topological polar surface area (TPSA) is 55.0 Å². The SMILES string of the molecule is COC(=O)Cc1ccc(Sn2c(-c3ccccc3)c(-c3ccsc3C#N)c3ccccc32)s1. The van der Waals surface area contributed by atoms with Gasteiger partial charge in [0.1, 0.15) is 10.9 Å². The van der Waals surface area contributed by atoms with Crippen molar-refractivity contribution < 1.29 is 9.53 Å². The van der Waals surface area contributed by atoms with Crippen LogP contribution in [0.3, 0.4) is 0 Å². The van der Waals surface area contributed by atoms with Crippen LogP contribution >= 0.6 is 34.6 Å². The molecule has 5 aromatic rings. The smallest absolute Gasteiger partial charge is 0.310 e. The molecule has 3 heterocycles. The molecule has 0 aliphatic carbocycles. The maximum atomic E-state index is 11.7. The fourth-order valence-electron chi connectivity index (χ4n) is 3.84. The Kier molecular flexibility index (Phi) is 6.05. The number of ether oxygens (including phenoxy) is 1. The van der Waals surface area contributed by atoms with Crippen LogP contribution in [0.1, 0.15) is 9.75 Å². The highest BCUT2D eigenvalue weighted by Gasteiger charge is 2.23. The van der Waals surface area contributed by atoms with Gasteiger partial charge in [-0.05, 0) is 35.2 Å². The van der Waals surface area contributed by atoms with E-state index in [2.05, 4.69) is 34.3 Å². The number of aromatic nitrogens is 1. The molecule has 162 valence electrons. The molecule has 7 heteroatoms. The molecule has 0 saturated heterocycles. The first kappa shape index (κ1) is 21.5. The van der Waals surface area contributed by atoms with Crippen molar-refractivity contribution in [1.82, 2.24) is 3.97 Å². The summed E-state index contributed by atoms with van der Waals surface area (Å²) < 4.78 is 8.13. The molecular weight excluding hydrogens is 468 g/mol. The van der Waals surface area contributed by atoms with Crippen LogP contribution in [0.4, 0.5) is 0 Å². The van der Waals surface area contributed by atoms with Crippen LogP contribution in [-0.4, -0.2) is 17.1 Å². The van der Waals surface area contributed by atoms with Gasteiger partial charge in [0, 0.05) is 33.3 Å². The first-order chi connectivity index (χ1) is 16.2. The van der Waals surface area contributed by atoms with Crippen molar-refractivity contribution >= 4 is 51.5 Å². The maximum Gasteiger partial charge on any atom is 0.310 e. The van der Waals surface area contributed by atoms with Gasteiger partial charge in [-0.3, -0.25) is 8.77 Å². The summed E-state index contributed by atoms with van der Waals surface area (Å²) in [7, 11) is 1.41. The summed E-state index contributed by atoms with van der Waals surface area (Å²) in [6, 6.07) is 27.0. The zero-order valence-electron chi connectivity index (χ0n) is 17.6. The van der Waals surface area contributed by atoms with Gasteiger partial charge in [0.2, 0.25) is 0 Å². The van der Waals surface area contributed by atoms with E-state index in [-0.39, 0.29) is 12.4 Å². The molecule has 4 nitrogen and oxygen atoms in total. The number of hydrogen-bond acceptors (Lipinski definition) is 6. The molecular formula is C26H18N2O2S3. The van der Waals surface area contributed by atoms with Crippen LogP contribution in [0.2, 0.25) is 0 Å². The fraction of sp³-hybridized carbons (Fsp3) is 0.0769. The fourth-order valence-corrected chi connectivity index (χ4v) is 6.79. The predicted molar refractivity (Wildman–Crippen MR) is 137 cm³/mol. The Bertz CT molecular complexity index is 1490. The van der Waals surface area contributed by atoms with E-state index < -0.39 is 0 Å². The molecule has 0 atom stereocenters. The highest BCUT2D eigenvalue weighted by Crippen LogP contribution is 2.46. The number of nitrogens with zero attached hydrogens (tertiary/aromatic N) is 2. The van der Waals surface area contributed by atoms with Crippen molar-refractivity contribution in [2.75, 3.05) is 7.11 Å². The first-order valence-electron chi connectivity index (χ1n) is 10.2. The van der Waals surface area contributed by atoms with Crippen molar-refractivity contribution in [3.63, 3.8) is 0 Å². The van der Waals surface area contributed by atoms with Crippen molar-refractivity contribution in [2.24, 2.45) is 0 Å². The second-order valence-electron chi connectivity index (χ2n) is 7.24. The van der Waals surface area contributed by atoms with Gasteiger partial charge in [-0.25, -0.2) is 0 Å². The van der Waals surface area contributed by atoms with E-state index >= 15 is 0 Å². The number of hydrogen-bond donors (Lipinski definition) is 0. The monoisotopic (exact) mass is 486 g/mol. The number of carbonyl (C=O) groups excluding carboxylic acids is 1. The van der Waals surface area contributed by atoms with Gasteiger partial charge in [-0.15, -0.1) is 22.7 Å².